The molecular formula is C20H15Cl2FN6O3S. The van der Waals surface area contributed by atoms with E-state index in [1.807, 2.05) is 0 Å². The lowest BCUT2D eigenvalue weighted by molar-refractivity contribution is 0.385. The maximum absolute atomic E-state index is 15.5. The summed E-state index contributed by atoms with van der Waals surface area (Å²) >= 11 is 11.7. The quantitative estimate of drug-likeness (QED) is 0.368. The zero-order valence-electron chi connectivity index (χ0n) is 17.1. The van der Waals surface area contributed by atoms with Crippen molar-refractivity contribution in [3.05, 3.63) is 58.8 Å². The van der Waals surface area contributed by atoms with Crippen molar-refractivity contribution in [3.63, 3.8) is 0 Å². The van der Waals surface area contributed by atoms with Crippen LogP contribution < -0.4 is 14.8 Å². The number of pyridine rings is 2. The van der Waals surface area contributed by atoms with Crippen molar-refractivity contribution in [1.29, 1.82) is 0 Å². The standard InChI is InChI=1S/C20H15Cl2FN6O3S/c1-24-18-13(6-10-8-26-20(22)28-17(10)27-18)12-4-3-5-14(16(12)23)29-33(30,31)15-7-11(21)9-25-19(15)32-2/h3-9,29H,1-2H3,(H,24,26,27,28). The normalized spacial score (nSPS) is 11.4. The number of sulfonamides is 1. The maximum atomic E-state index is 15.5. The van der Waals surface area contributed by atoms with Gasteiger partial charge in [-0.3, -0.25) is 4.72 Å². The molecule has 0 aliphatic heterocycles. The fourth-order valence-corrected chi connectivity index (χ4v) is 4.67. The molecule has 2 N–H and O–H groups in total. The zero-order valence-corrected chi connectivity index (χ0v) is 19.4. The molecule has 33 heavy (non-hydrogen) atoms. The second-order valence-corrected chi connectivity index (χ2v) is 9.05. The summed E-state index contributed by atoms with van der Waals surface area (Å²) in [5.74, 6) is -0.683. The third-order valence-corrected chi connectivity index (χ3v) is 6.33. The van der Waals surface area contributed by atoms with Gasteiger partial charge in [-0.1, -0.05) is 23.7 Å². The molecule has 3 aromatic heterocycles. The SMILES string of the molecule is CNc1nc2nc(Cl)ncc2cc1-c1cccc(NS(=O)(=O)c2cc(Cl)cnc2OC)c1F. The van der Waals surface area contributed by atoms with Crippen LogP contribution in [0.1, 0.15) is 0 Å². The molecule has 0 radical (unpaired) electrons. The van der Waals surface area contributed by atoms with E-state index in [4.69, 9.17) is 27.9 Å². The summed E-state index contributed by atoms with van der Waals surface area (Å²) in [6.45, 7) is 0. The van der Waals surface area contributed by atoms with Gasteiger partial charge in [0.1, 0.15) is 5.82 Å². The minimum absolute atomic E-state index is 0.0262. The first-order valence-corrected chi connectivity index (χ1v) is 11.5. The topological polar surface area (TPSA) is 119 Å². The van der Waals surface area contributed by atoms with Gasteiger partial charge in [0.2, 0.25) is 11.2 Å². The van der Waals surface area contributed by atoms with Crippen molar-refractivity contribution in [2.45, 2.75) is 4.90 Å². The minimum atomic E-state index is -4.28. The molecule has 13 heteroatoms. The van der Waals surface area contributed by atoms with Gasteiger partial charge in [0.05, 0.1) is 17.8 Å². The highest BCUT2D eigenvalue weighted by atomic mass is 35.5. The molecule has 0 fully saturated rings. The van der Waals surface area contributed by atoms with E-state index >= 15 is 4.39 Å². The molecule has 4 rings (SSSR count). The van der Waals surface area contributed by atoms with E-state index in [9.17, 15) is 8.42 Å². The number of methoxy groups -OCH3 is 1. The number of halogens is 3. The van der Waals surface area contributed by atoms with Crippen LogP contribution in [0.3, 0.4) is 0 Å². The predicted molar refractivity (Wildman–Crippen MR) is 124 cm³/mol. The molecule has 0 bridgehead atoms. The van der Waals surface area contributed by atoms with Crippen molar-refractivity contribution < 1.29 is 17.5 Å². The van der Waals surface area contributed by atoms with E-state index in [0.717, 1.165) is 6.07 Å². The Bertz CT molecular complexity index is 1490. The van der Waals surface area contributed by atoms with Crippen LogP contribution in [-0.2, 0) is 10.0 Å². The Kier molecular flexibility index (Phi) is 6.19. The van der Waals surface area contributed by atoms with Crippen LogP contribution in [0.4, 0.5) is 15.9 Å². The van der Waals surface area contributed by atoms with Crippen LogP contribution >= 0.6 is 23.2 Å². The van der Waals surface area contributed by atoms with Gasteiger partial charge in [0.15, 0.2) is 16.4 Å². The summed E-state index contributed by atoms with van der Waals surface area (Å²) in [7, 11) is -1.41. The number of nitrogens with one attached hydrogen (secondary N) is 2. The Hall–Kier alpha value is -3.28. The Morgan fingerprint density at radius 1 is 1.06 bits per heavy atom. The summed E-state index contributed by atoms with van der Waals surface area (Å²) in [5, 5.41) is 3.51. The summed E-state index contributed by atoms with van der Waals surface area (Å²) in [6, 6.07) is 7.08. The number of hydrogen-bond donors (Lipinski definition) is 2. The molecule has 0 aliphatic carbocycles. The fourth-order valence-electron chi connectivity index (χ4n) is 3.11. The number of benzene rings is 1. The van der Waals surface area contributed by atoms with Crippen molar-refractivity contribution in [3.8, 4) is 17.0 Å². The molecule has 170 valence electrons. The Balaban J connectivity index is 1.81. The van der Waals surface area contributed by atoms with Crippen LogP contribution in [0, 0.1) is 5.82 Å². The molecule has 0 atom stereocenters. The maximum Gasteiger partial charge on any atom is 0.267 e. The molecule has 3 heterocycles. The van der Waals surface area contributed by atoms with E-state index in [1.165, 1.54) is 37.7 Å². The summed E-state index contributed by atoms with van der Waals surface area (Å²) in [4.78, 5) is 15.9. The molecule has 9 nitrogen and oxygen atoms in total. The van der Waals surface area contributed by atoms with Gasteiger partial charge >= 0.3 is 0 Å². The third-order valence-electron chi connectivity index (χ3n) is 4.58. The van der Waals surface area contributed by atoms with Gasteiger partial charge in [-0.2, -0.15) is 4.98 Å². The number of rotatable bonds is 6. The average molecular weight is 509 g/mol. The van der Waals surface area contributed by atoms with E-state index in [1.54, 1.807) is 13.1 Å². The monoisotopic (exact) mass is 508 g/mol. The highest BCUT2D eigenvalue weighted by Gasteiger charge is 2.24. The van der Waals surface area contributed by atoms with Gasteiger partial charge in [0, 0.05) is 36.0 Å². The minimum Gasteiger partial charge on any atom is -0.480 e. The average Bonchev–Trinajstić information content (AvgIpc) is 2.79. The second-order valence-electron chi connectivity index (χ2n) is 6.62. The first-order chi connectivity index (χ1) is 15.7. The molecule has 0 saturated heterocycles. The number of ether oxygens (including phenoxy) is 1. The molecular weight excluding hydrogens is 494 g/mol. The Morgan fingerprint density at radius 3 is 2.58 bits per heavy atom. The number of hydrogen-bond acceptors (Lipinski definition) is 8. The van der Waals surface area contributed by atoms with Crippen LogP contribution in [-0.4, -0.2) is 42.5 Å². The fraction of sp³-hybridized carbons (Fsp3) is 0.100. The lowest BCUT2D eigenvalue weighted by Gasteiger charge is -2.15. The molecule has 0 amide bonds. The summed E-state index contributed by atoms with van der Waals surface area (Å²) in [5.41, 5.74) is 0.501. The number of fused-ring (bicyclic) bond motifs is 1. The van der Waals surface area contributed by atoms with Crippen molar-refractivity contribution in [1.82, 2.24) is 19.9 Å². The zero-order chi connectivity index (χ0) is 23.8. The van der Waals surface area contributed by atoms with Gasteiger partial charge in [0.25, 0.3) is 10.0 Å². The van der Waals surface area contributed by atoms with Gasteiger partial charge in [-0.15, -0.1) is 0 Å². The largest absolute Gasteiger partial charge is 0.480 e. The highest BCUT2D eigenvalue weighted by molar-refractivity contribution is 7.92. The molecule has 4 aromatic rings. The lowest BCUT2D eigenvalue weighted by atomic mass is 10.0. The van der Waals surface area contributed by atoms with E-state index in [-0.39, 0.29) is 32.3 Å². The lowest BCUT2D eigenvalue weighted by Crippen LogP contribution is -2.16. The highest BCUT2D eigenvalue weighted by Crippen LogP contribution is 2.35. The molecule has 0 aliphatic rings. The van der Waals surface area contributed by atoms with Crippen LogP contribution in [0.2, 0.25) is 10.3 Å². The van der Waals surface area contributed by atoms with Gasteiger partial charge in [-0.25, -0.2) is 27.8 Å². The summed E-state index contributed by atoms with van der Waals surface area (Å²) < 4.78 is 48.7. The molecule has 0 unspecified atom stereocenters. The van der Waals surface area contributed by atoms with Crippen molar-refractivity contribution in [2.75, 3.05) is 24.2 Å². The first-order valence-electron chi connectivity index (χ1n) is 9.26. The van der Waals surface area contributed by atoms with E-state index in [2.05, 4.69) is 30.0 Å². The smallest absolute Gasteiger partial charge is 0.267 e. The van der Waals surface area contributed by atoms with Crippen molar-refractivity contribution in [2.24, 2.45) is 0 Å². The third kappa shape index (κ3) is 4.47. The van der Waals surface area contributed by atoms with Crippen LogP contribution in [0.5, 0.6) is 5.88 Å². The second kappa shape index (κ2) is 8.93. The number of nitrogens with zero attached hydrogens (tertiary/aromatic N) is 4. The van der Waals surface area contributed by atoms with Gasteiger partial charge in [-0.05, 0) is 29.8 Å². The van der Waals surface area contributed by atoms with E-state index < -0.39 is 15.8 Å². The molecule has 0 spiro atoms. The molecule has 1 aromatic carbocycles. The van der Waals surface area contributed by atoms with Gasteiger partial charge < -0.3 is 10.1 Å². The van der Waals surface area contributed by atoms with Crippen molar-refractivity contribution >= 4 is 55.8 Å². The van der Waals surface area contributed by atoms with E-state index in [0.29, 0.717) is 22.4 Å². The predicted octanol–water partition coefficient (Wildman–Crippen LogP) is 4.38. The Morgan fingerprint density at radius 2 is 1.85 bits per heavy atom. The molecule has 0 saturated carbocycles. The summed E-state index contributed by atoms with van der Waals surface area (Å²) in [6.07, 6.45) is 2.70. The Labute approximate surface area is 198 Å². The van der Waals surface area contributed by atoms with Crippen LogP contribution in [0.25, 0.3) is 22.2 Å². The van der Waals surface area contributed by atoms with Crippen LogP contribution in [0.15, 0.2) is 47.6 Å². The number of anilines is 2. The number of aromatic nitrogens is 4. The first kappa shape index (κ1) is 22.9.